The molecular weight excluding hydrogens is 235 g/mol. The highest BCUT2D eigenvalue weighted by molar-refractivity contribution is 5.81. The first-order valence-electron chi connectivity index (χ1n) is 6.25. The van der Waals surface area contributed by atoms with Gasteiger partial charge in [0.15, 0.2) is 11.6 Å². The van der Waals surface area contributed by atoms with Crippen molar-refractivity contribution in [3.63, 3.8) is 0 Å². The van der Waals surface area contributed by atoms with Gasteiger partial charge < -0.3 is 9.80 Å². The van der Waals surface area contributed by atoms with E-state index in [2.05, 4.69) is 9.97 Å². The number of rotatable bonds is 2. The van der Waals surface area contributed by atoms with Gasteiger partial charge >= 0.3 is 0 Å². The molecule has 1 amide bonds. The van der Waals surface area contributed by atoms with E-state index in [1.54, 1.807) is 0 Å². The van der Waals surface area contributed by atoms with E-state index >= 15 is 0 Å². The van der Waals surface area contributed by atoms with E-state index in [0.29, 0.717) is 32.0 Å². The SMILES string of the molecule is O=C(C1CC1)N1CCN(c2ncncc2F)CC1. The molecule has 18 heavy (non-hydrogen) atoms. The number of nitrogens with zero attached hydrogens (tertiary/aromatic N) is 4. The van der Waals surface area contributed by atoms with Gasteiger partial charge in [0, 0.05) is 32.1 Å². The van der Waals surface area contributed by atoms with Crippen LogP contribution < -0.4 is 4.90 Å². The van der Waals surface area contributed by atoms with Crippen molar-refractivity contribution in [3.8, 4) is 0 Å². The van der Waals surface area contributed by atoms with E-state index in [9.17, 15) is 9.18 Å². The molecular formula is C12H15FN4O. The molecule has 5 nitrogen and oxygen atoms in total. The molecule has 1 aliphatic heterocycles. The minimum atomic E-state index is -0.403. The number of carbonyl (C=O) groups excluding carboxylic acids is 1. The lowest BCUT2D eigenvalue weighted by molar-refractivity contribution is -0.132. The Morgan fingerprint density at radius 2 is 2.00 bits per heavy atom. The van der Waals surface area contributed by atoms with Crippen LogP contribution in [0.2, 0.25) is 0 Å². The first-order chi connectivity index (χ1) is 8.75. The fourth-order valence-electron chi connectivity index (χ4n) is 2.27. The molecule has 1 saturated heterocycles. The highest BCUT2D eigenvalue weighted by Gasteiger charge is 2.34. The van der Waals surface area contributed by atoms with E-state index in [-0.39, 0.29) is 11.8 Å². The van der Waals surface area contributed by atoms with Gasteiger partial charge in [0.2, 0.25) is 5.91 Å². The van der Waals surface area contributed by atoms with E-state index < -0.39 is 5.82 Å². The molecule has 6 heteroatoms. The van der Waals surface area contributed by atoms with E-state index in [0.717, 1.165) is 12.8 Å². The smallest absolute Gasteiger partial charge is 0.225 e. The van der Waals surface area contributed by atoms with E-state index in [1.165, 1.54) is 12.5 Å². The van der Waals surface area contributed by atoms with Crippen LogP contribution in [0.15, 0.2) is 12.5 Å². The van der Waals surface area contributed by atoms with Gasteiger partial charge in [-0.25, -0.2) is 14.4 Å². The van der Waals surface area contributed by atoms with Crippen LogP contribution in [-0.4, -0.2) is 47.0 Å². The average molecular weight is 250 g/mol. The Bertz CT molecular complexity index is 455. The Hall–Kier alpha value is -1.72. The third kappa shape index (κ3) is 2.14. The molecule has 0 atom stereocenters. The first kappa shape index (κ1) is 11.4. The van der Waals surface area contributed by atoms with Gasteiger partial charge in [0.05, 0.1) is 6.20 Å². The summed E-state index contributed by atoms with van der Waals surface area (Å²) in [5, 5.41) is 0. The summed E-state index contributed by atoms with van der Waals surface area (Å²) in [6, 6.07) is 0. The number of amides is 1. The molecule has 1 aliphatic carbocycles. The van der Waals surface area contributed by atoms with Crippen molar-refractivity contribution in [1.82, 2.24) is 14.9 Å². The van der Waals surface area contributed by atoms with Crippen LogP contribution in [0.25, 0.3) is 0 Å². The zero-order valence-electron chi connectivity index (χ0n) is 10.0. The summed E-state index contributed by atoms with van der Waals surface area (Å²) in [5.41, 5.74) is 0. The Labute approximate surface area is 105 Å². The second-order valence-electron chi connectivity index (χ2n) is 4.78. The second kappa shape index (κ2) is 4.51. The van der Waals surface area contributed by atoms with Crippen molar-refractivity contribution in [1.29, 1.82) is 0 Å². The zero-order valence-corrected chi connectivity index (χ0v) is 10.0. The van der Waals surface area contributed by atoms with Gasteiger partial charge in [-0.3, -0.25) is 4.79 Å². The topological polar surface area (TPSA) is 49.3 Å². The number of piperazine rings is 1. The zero-order chi connectivity index (χ0) is 12.5. The largest absolute Gasteiger partial charge is 0.351 e. The van der Waals surface area contributed by atoms with Crippen LogP contribution in [0.5, 0.6) is 0 Å². The molecule has 0 aromatic carbocycles. The Kier molecular flexibility index (Phi) is 2.85. The molecule has 0 radical (unpaired) electrons. The lowest BCUT2D eigenvalue weighted by Crippen LogP contribution is -2.49. The fourth-order valence-corrected chi connectivity index (χ4v) is 2.27. The molecule has 1 aromatic heterocycles. The third-order valence-corrected chi connectivity index (χ3v) is 3.47. The van der Waals surface area contributed by atoms with Crippen molar-refractivity contribution in [2.45, 2.75) is 12.8 Å². The summed E-state index contributed by atoms with van der Waals surface area (Å²) >= 11 is 0. The van der Waals surface area contributed by atoms with Crippen molar-refractivity contribution in [2.75, 3.05) is 31.1 Å². The molecule has 2 heterocycles. The maximum Gasteiger partial charge on any atom is 0.225 e. The van der Waals surface area contributed by atoms with Crippen LogP contribution in [0, 0.1) is 11.7 Å². The predicted octanol–water partition coefficient (Wildman–Crippen LogP) is 0.674. The minimum Gasteiger partial charge on any atom is -0.351 e. The number of hydrogen-bond acceptors (Lipinski definition) is 4. The van der Waals surface area contributed by atoms with E-state index in [4.69, 9.17) is 0 Å². The first-order valence-corrected chi connectivity index (χ1v) is 6.25. The quantitative estimate of drug-likeness (QED) is 0.774. The van der Waals surface area contributed by atoms with E-state index in [1.807, 2.05) is 9.80 Å². The molecule has 3 rings (SSSR count). The summed E-state index contributed by atoms with van der Waals surface area (Å²) in [6.45, 7) is 2.57. The lowest BCUT2D eigenvalue weighted by Gasteiger charge is -2.35. The number of aromatic nitrogens is 2. The summed E-state index contributed by atoms with van der Waals surface area (Å²) < 4.78 is 13.5. The highest BCUT2D eigenvalue weighted by atomic mass is 19.1. The second-order valence-corrected chi connectivity index (χ2v) is 4.78. The lowest BCUT2D eigenvalue weighted by atomic mass is 10.2. The predicted molar refractivity (Wildman–Crippen MR) is 63.5 cm³/mol. The van der Waals surface area contributed by atoms with Gasteiger partial charge in [0.25, 0.3) is 0 Å². The van der Waals surface area contributed by atoms with Crippen LogP contribution in [0.4, 0.5) is 10.2 Å². The molecule has 2 fully saturated rings. The monoisotopic (exact) mass is 250 g/mol. The average Bonchev–Trinajstić information content (AvgIpc) is 3.23. The molecule has 0 bridgehead atoms. The van der Waals surface area contributed by atoms with Crippen LogP contribution >= 0.6 is 0 Å². The summed E-state index contributed by atoms with van der Waals surface area (Å²) in [5.74, 6) is 0.452. The minimum absolute atomic E-state index is 0.257. The molecule has 0 unspecified atom stereocenters. The van der Waals surface area contributed by atoms with Crippen LogP contribution in [-0.2, 0) is 4.79 Å². The van der Waals surface area contributed by atoms with Gasteiger partial charge in [-0.15, -0.1) is 0 Å². The summed E-state index contributed by atoms with van der Waals surface area (Å²) in [4.78, 5) is 23.2. The molecule has 0 spiro atoms. The van der Waals surface area contributed by atoms with Gasteiger partial charge in [0.1, 0.15) is 6.33 Å². The maximum atomic E-state index is 13.5. The summed E-state index contributed by atoms with van der Waals surface area (Å²) in [7, 11) is 0. The van der Waals surface area contributed by atoms with Crippen molar-refractivity contribution < 1.29 is 9.18 Å². The standard InChI is InChI=1S/C12H15FN4O/c13-10-7-14-8-15-11(10)16-3-5-17(6-4-16)12(18)9-1-2-9/h7-9H,1-6H2. The van der Waals surface area contributed by atoms with Crippen molar-refractivity contribution in [2.24, 2.45) is 5.92 Å². The molecule has 1 saturated carbocycles. The number of anilines is 1. The van der Waals surface area contributed by atoms with Crippen molar-refractivity contribution in [3.05, 3.63) is 18.3 Å². The molecule has 1 aromatic rings. The number of hydrogen-bond donors (Lipinski definition) is 0. The maximum absolute atomic E-state index is 13.5. The van der Waals surface area contributed by atoms with Crippen LogP contribution in [0.3, 0.4) is 0 Å². The molecule has 0 N–H and O–H groups in total. The Morgan fingerprint density at radius 3 is 2.61 bits per heavy atom. The normalized spacial score (nSPS) is 20.1. The summed E-state index contributed by atoms with van der Waals surface area (Å²) in [6.07, 6.45) is 4.57. The number of halogens is 1. The fraction of sp³-hybridized carbons (Fsp3) is 0.583. The Balaban J connectivity index is 1.63. The van der Waals surface area contributed by atoms with Crippen molar-refractivity contribution >= 4 is 11.7 Å². The molecule has 96 valence electrons. The Morgan fingerprint density at radius 1 is 1.28 bits per heavy atom. The number of carbonyl (C=O) groups is 1. The van der Waals surface area contributed by atoms with Gasteiger partial charge in [-0.1, -0.05) is 0 Å². The third-order valence-electron chi connectivity index (χ3n) is 3.47. The molecule has 2 aliphatic rings. The highest BCUT2D eigenvalue weighted by Crippen LogP contribution is 2.31. The van der Waals surface area contributed by atoms with Crippen LogP contribution in [0.1, 0.15) is 12.8 Å². The van der Waals surface area contributed by atoms with Gasteiger partial charge in [-0.05, 0) is 12.8 Å². The van der Waals surface area contributed by atoms with Gasteiger partial charge in [-0.2, -0.15) is 0 Å².